The second-order valence-electron chi connectivity index (χ2n) is 10.0. The topological polar surface area (TPSA) is 96.0 Å². The lowest BCUT2D eigenvalue weighted by atomic mass is 10.1. The van der Waals surface area contributed by atoms with Crippen LogP contribution in [-0.2, 0) is 26.2 Å². The lowest BCUT2D eigenvalue weighted by Gasteiger charge is -2.33. The summed E-state index contributed by atoms with van der Waals surface area (Å²) in [6.07, 6.45) is 0.737. The van der Waals surface area contributed by atoms with Gasteiger partial charge in [-0.3, -0.25) is 13.9 Å². The summed E-state index contributed by atoms with van der Waals surface area (Å²) >= 11 is 0. The molecule has 214 valence electrons. The number of sulfonamides is 1. The molecule has 3 rings (SSSR count). The highest BCUT2D eigenvalue weighted by Gasteiger charge is 2.34. The molecule has 0 saturated heterocycles. The van der Waals surface area contributed by atoms with Gasteiger partial charge in [0.2, 0.25) is 11.8 Å². The summed E-state index contributed by atoms with van der Waals surface area (Å²) in [7, 11) is -2.72. The maximum atomic E-state index is 14.1. The van der Waals surface area contributed by atoms with Crippen LogP contribution < -0.4 is 14.4 Å². The number of ether oxygens (including phenoxy) is 1. The minimum absolute atomic E-state index is 0.0409. The van der Waals surface area contributed by atoms with E-state index in [0.29, 0.717) is 5.75 Å². The molecule has 0 aliphatic heterocycles. The van der Waals surface area contributed by atoms with Crippen molar-refractivity contribution in [2.45, 2.75) is 64.6 Å². The lowest BCUT2D eigenvalue weighted by molar-refractivity contribution is -0.139. The van der Waals surface area contributed by atoms with Gasteiger partial charge in [0.25, 0.3) is 10.0 Å². The van der Waals surface area contributed by atoms with Gasteiger partial charge in [-0.15, -0.1) is 0 Å². The Morgan fingerprint density at radius 2 is 1.60 bits per heavy atom. The monoisotopic (exact) mass is 565 g/mol. The summed E-state index contributed by atoms with van der Waals surface area (Å²) in [5.74, 6) is -0.511. The van der Waals surface area contributed by atoms with Gasteiger partial charge < -0.3 is 15.0 Å². The quantitative estimate of drug-likeness (QED) is 0.339. The molecular formula is C31H39N3O5S. The van der Waals surface area contributed by atoms with Gasteiger partial charge in [-0.25, -0.2) is 8.42 Å². The number of aryl methyl sites for hydroxylation is 2. The van der Waals surface area contributed by atoms with E-state index in [1.165, 1.54) is 24.1 Å². The van der Waals surface area contributed by atoms with Crippen molar-refractivity contribution in [3.8, 4) is 5.75 Å². The third-order valence-electron chi connectivity index (χ3n) is 6.82. The van der Waals surface area contributed by atoms with Gasteiger partial charge in [-0.05, 0) is 69.5 Å². The first-order valence-corrected chi connectivity index (χ1v) is 14.8. The number of hydrogen-bond acceptors (Lipinski definition) is 5. The van der Waals surface area contributed by atoms with E-state index in [4.69, 9.17) is 4.74 Å². The van der Waals surface area contributed by atoms with Gasteiger partial charge in [-0.2, -0.15) is 0 Å². The van der Waals surface area contributed by atoms with Crippen LogP contribution in [0.1, 0.15) is 43.9 Å². The first-order chi connectivity index (χ1) is 19.0. The maximum Gasteiger partial charge on any atom is 0.264 e. The molecule has 0 aromatic heterocycles. The van der Waals surface area contributed by atoms with Crippen LogP contribution in [-0.4, -0.2) is 50.9 Å². The Hall–Kier alpha value is -3.85. The fraction of sp³-hybridized carbons (Fsp3) is 0.355. The van der Waals surface area contributed by atoms with Crippen LogP contribution in [0.25, 0.3) is 0 Å². The fourth-order valence-corrected chi connectivity index (χ4v) is 5.72. The van der Waals surface area contributed by atoms with E-state index in [9.17, 15) is 18.0 Å². The summed E-state index contributed by atoms with van der Waals surface area (Å²) in [4.78, 5) is 28.7. The van der Waals surface area contributed by atoms with Gasteiger partial charge in [-0.1, -0.05) is 61.0 Å². The smallest absolute Gasteiger partial charge is 0.264 e. The van der Waals surface area contributed by atoms with Crippen LogP contribution in [0.4, 0.5) is 5.69 Å². The molecule has 0 radical (unpaired) electrons. The van der Waals surface area contributed by atoms with Gasteiger partial charge in [0.15, 0.2) is 0 Å². The molecule has 9 heteroatoms. The number of nitrogens with one attached hydrogen (secondary N) is 1. The molecule has 1 N–H and O–H groups in total. The SMILES string of the molecule is CC[C@@H](C)NC(=O)[C@@H](C)N(Cc1cccc(C)c1)C(=O)CN(c1cc(C)ccc1OC)S(=O)(=O)c1ccccc1. The Kier molecular flexibility index (Phi) is 10.3. The molecule has 8 nitrogen and oxygen atoms in total. The summed E-state index contributed by atoms with van der Waals surface area (Å²) in [6, 6.07) is 19.9. The zero-order chi connectivity index (χ0) is 29.4. The minimum Gasteiger partial charge on any atom is -0.495 e. The second kappa shape index (κ2) is 13.5. The van der Waals surface area contributed by atoms with E-state index in [-0.39, 0.29) is 29.1 Å². The third-order valence-corrected chi connectivity index (χ3v) is 8.59. The van der Waals surface area contributed by atoms with E-state index < -0.39 is 28.5 Å². The molecule has 0 saturated carbocycles. The Morgan fingerprint density at radius 1 is 0.925 bits per heavy atom. The Labute approximate surface area is 238 Å². The van der Waals surface area contributed by atoms with Crippen molar-refractivity contribution in [1.82, 2.24) is 10.2 Å². The number of benzene rings is 3. The zero-order valence-electron chi connectivity index (χ0n) is 24.0. The van der Waals surface area contributed by atoms with Crippen molar-refractivity contribution in [3.05, 3.63) is 89.5 Å². The molecule has 0 unspecified atom stereocenters. The van der Waals surface area contributed by atoms with Crippen molar-refractivity contribution in [1.29, 1.82) is 0 Å². The molecule has 0 aliphatic carbocycles. The highest BCUT2D eigenvalue weighted by atomic mass is 32.2. The molecule has 0 bridgehead atoms. The number of methoxy groups -OCH3 is 1. The summed E-state index contributed by atoms with van der Waals surface area (Å²) in [5, 5.41) is 2.94. The summed E-state index contributed by atoms with van der Waals surface area (Å²) in [5.41, 5.74) is 2.89. The van der Waals surface area contributed by atoms with Crippen molar-refractivity contribution < 1.29 is 22.7 Å². The predicted molar refractivity (Wildman–Crippen MR) is 158 cm³/mol. The van der Waals surface area contributed by atoms with E-state index >= 15 is 0 Å². The van der Waals surface area contributed by atoms with Gasteiger partial charge in [0.1, 0.15) is 18.3 Å². The molecule has 3 aromatic carbocycles. The molecular weight excluding hydrogens is 526 g/mol. The Balaban J connectivity index is 2.08. The first kappa shape index (κ1) is 30.7. The number of amides is 2. The molecule has 0 fully saturated rings. The van der Waals surface area contributed by atoms with Crippen molar-refractivity contribution >= 4 is 27.5 Å². The second-order valence-corrected chi connectivity index (χ2v) is 11.9. The number of hydrogen-bond donors (Lipinski definition) is 1. The van der Waals surface area contributed by atoms with Crippen molar-refractivity contribution in [2.24, 2.45) is 0 Å². The normalized spacial score (nSPS) is 12.8. The Bertz CT molecular complexity index is 1430. The van der Waals surface area contributed by atoms with Crippen LogP contribution in [0.3, 0.4) is 0 Å². The molecule has 2 amide bonds. The van der Waals surface area contributed by atoms with E-state index in [1.807, 2.05) is 58.0 Å². The average molecular weight is 566 g/mol. The van der Waals surface area contributed by atoms with Crippen molar-refractivity contribution in [3.63, 3.8) is 0 Å². The Morgan fingerprint density at radius 3 is 2.23 bits per heavy atom. The minimum atomic E-state index is -4.18. The number of carbonyl (C=O) groups is 2. The van der Waals surface area contributed by atoms with Crippen LogP contribution in [0.5, 0.6) is 5.75 Å². The summed E-state index contributed by atoms with van der Waals surface area (Å²) in [6.45, 7) is 8.93. The highest BCUT2D eigenvalue weighted by Crippen LogP contribution is 2.33. The molecule has 40 heavy (non-hydrogen) atoms. The average Bonchev–Trinajstić information content (AvgIpc) is 2.94. The van der Waals surface area contributed by atoms with Crippen LogP contribution >= 0.6 is 0 Å². The standard InChI is InChI=1S/C31H39N3O5S/c1-7-24(4)32-31(36)25(5)33(20-26-13-11-12-22(2)18-26)30(35)21-34(28-19-23(3)16-17-29(28)39-6)40(37,38)27-14-9-8-10-15-27/h8-19,24-25H,7,20-21H2,1-6H3,(H,32,36)/t24-,25-/m1/s1. The van der Waals surface area contributed by atoms with Crippen LogP contribution in [0.2, 0.25) is 0 Å². The molecule has 0 spiro atoms. The molecule has 0 aliphatic rings. The molecule has 0 heterocycles. The number of anilines is 1. The predicted octanol–water partition coefficient (Wildman–Crippen LogP) is 4.84. The zero-order valence-corrected chi connectivity index (χ0v) is 24.9. The van der Waals surface area contributed by atoms with E-state index in [0.717, 1.165) is 27.4 Å². The summed E-state index contributed by atoms with van der Waals surface area (Å²) < 4.78 is 34.5. The number of carbonyl (C=O) groups excluding carboxylic acids is 2. The van der Waals surface area contributed by atoms with Gasteiger partial charge in [0.05, 0.1) is 17.7 Å². The van der Waals surface area contributed by atoms with Crippen molar-refractivity contribution in [2.75, 3.05) is 18.0 Å². The van der Waals surface area contributed by atoms with E-state index in [2.05, 4.69) is 5.32 Å². The fourth-order valence-electron chi connectivity index (χ4n) is 4.28. The molecule has 2 atom stereocenters. The van der Waals surface area contributed by atoms with E-state index in [1.54, 1.807) is 37.3 Å². The lowest BCUT2D eigenvalue weighted by Crippen LogP contribution is -2.52. The van der Waals surface area contributed by atoms with Crippen LogP contribution in [0.15, 0.2) is 77.7 Å². The van der Waals surface area contributed by atoms with Gasteiger partial charge in [0, 0.05) is 12.6 Å². The van der Waals surface area contributed by atoms with Crippen LogP contribution in [0, 0.1) is 13.8 Å². The maximum absolute atomic E-state index is 14.1. The molecule has 3 aromatic rings. The highest BCUT2D eigenvalue weighted by molar-refractivity contribution is 7.92. The third kappa shape index (κ3) is 7.41. The van der Waals surface area contributed by atoms with Gasteiger partial charge >= 0.3 is 0 Å². The number of nitrogens with zero attached hydrogens (tertiary/aromatic N) is 2. The largest absolute Gasteiger partial charge is 0.495 e. The number of rotatable bonds is 12. The first-order valence-electron chi connectivity index (χ1n) is 13.4.